The van der Waals surface area contributed by atoms with Gasteiger partial charge in [-0.05, 0) is 31.2 Å². The lowest BCUT2D eigenvalue weighted by molar-refractivity contribution is 0.101. The Bertz CT molecular complexity index is 821. The van der Waals surface area contributed by atoms with E-state index in [9.17, 15) is 4.79 Å². The monoisotopic (exact) mass is 313 g/mol. The molecule has 4 nitrogen and oxygen atoms in total. The van der Waals surface area contributed by atoms with Crippen molar-refractivity contribution in [2.24, 2.45) is 0 Å². The number of aromatic nitrogens is 1. The predicted octanol–water partition coefficient (Wildman–Crippen LogP) is 4.18. The van der Waals surface area contributed by atoms with Crippen LogP contribution in [0.1, 0.15) is 17.3 Å². The summed E-state index contributed by atoms with van der Waals surface area (Å²) < 4.78 is 11.7. The number of hydrogen-bond acceptors (Lipinski definition) is 5. The minimum absolute atomic E-state index is 0.0322. The molecule has 0 spiro atoms. The molecule has 0 aliphatic rings. The van der Waals surface area contributed by atoms with E-state index < -0.39 is 0 Å². The molecule has 5 heteroatoms. The Kier molecular flexibility index (Phi) is 3.81. The number of carbonyl (C=O) groups excluding carboxylic acids is 1. The number of para-hydroxylation sites is 1. The lowest BCUT2D eigenvalue weighted by Gasteiger charge is -2.12. The highest BCUT2D eigenvalue weighted by atomic mass is 32.1. The van der Waals surface area contributed by atoms with Crippen molar-refractivity contribution in [2.75, 3.05) is 14.2 Å². The lowest BCUT2D eigenvalue weighted by atomic mass is 10.0. The van der Waals surface area contributed by atoms with Gasteiger partial charge in [-0.15, -0.1) is 11.3 Å². The molecule has 112 valence electrons. The third kappa shape index (κ3) is 2.44. The van der Waals surface area contributed by atoms with Gasteiger partial charge in [0.1, 0.15) is 5.01 Å². The van der Waals surface area contributed by atoms with Crippen LogP contribution < -0.4 is 9.47 Å². The van der Waals surface area contributed by atoms with Gasteiger partial charge in [0.05, 0.1) is 24.4 Å². The van der Waals surface area contributed by atoms with E-state index in [0.29, 0.717) is 17.1 Å². The van der Waals surface area contributed by atoms with Gasteiger partial charge in [0, 0.05) is 11.1 Å². The molecule has 22 heavy (non-hydrogen) atoms. The number of carbonyl (C=O) groups is 1. The molecule has 1 heterocycles. The van der Waals surface area contributed by atoms with Crippen LogP contribution in [0.4, 0.5) is 0 Å². The molecule has 0 unspecified atom stereocenters. The van der Waals surface area contributed by atoms with Crippen LogP contribution >= 0.6 is 11.3 Å². The van der Waals surface area contributed by atoms with Crippen LogP contribution in [0.5, 0.6) is 11.5 Å². The summed E-state index contributed by atoms with van der Waals surface area (Å²) in [4.78, 5) is 16.6. The second-order valence-corrected chi connectivity index (χ2v) is 5.83. The normalized spacial score (nSPS) is 10.7. The zero-order valence-corrected chi connectivity index (χ0v) is 13.4. The van der Waals surface area contributed by atoms with Crippen LogP contribution in [0.15, 0.2) is 36.4 Å². The summed E-state index contributed by atoms with van der Waals surface area (Å²) in [7, 11) is 3.13. The van der Waals surface area contributed by atoms with Gasteiger partial charge in [0.2, 0.25) is 0 Å². The first-order chi connectivity index (χ1) is 10.6. The summed E-state index contributed by atoms with van der Waals surface area (Å²) >= 11 is 1.55. The standard InChI is InChI=1S/C17H15NO3S/c1-10(19)11-8-14(20-2)15(21-3)9-12(11)17-18-13-6-4-5-7-16(13)22-17/h4-9H,1-3H3. The number of ether oxygens (including phenoxy) is 2. The van der Waals surface area contributed by atoms with Crippen molar-refractivity contribution >= 4 is 27.3 Å². The van der Waals surface area contributed by atoms with Gasteiger partial charge in [0.15, 0.2) is 17.3 Å². The summed E-state index contributed by atoms with van der Waals surface area (Å²) in [6, 6.07) is 11.4. The SMILES string of the molecule is COc1cc(C(C)=O)c(-c2nc3ccccc3s2)cc1OC. The molecular formula is C17H15NO3S. The maximum atomic E-state index is 12.0. The van der Waals surface area contributed by atoms with Gasteiger partial charge in [-0.2, -0.15) is 0 Å². The van der Waals surface area contributed by atoms with Crippen molar-refractivity contribution in [1.82, 2.24) is 4.98 Å². The summed E-state index contributed by atoms with van der Waals surface area (Å²) in [5.41, 5.74) is 2.27. The largest absolute Gasteiger partial charge is 0.493 e. The second-order valence-electron chi connectivity index (χ2n) is 4.80. The van der Waals surface area contributed by atoms with Crippen LogP contribution in [-0.2, 0) is 0 Å². The number of methoxy groups -OCH3 is 2. The molecule has 3 aromatic rings. The molecule has 0 radical (unpaired) electrons. The fourth-order valence-electron chi connectivity index (χ4n) is 2.33. The van der Waals surface area contributed by atoms with Crippen molar-refractivity contribution in [2.45, 2.75) is 6.92 Å². The van der Waals surface area contributed by atoms with Crippen molar-refractivity contribution in [3.05, 3.63) is 42.0 Å². The van der Waals surface area contributed by atoms with Crippen LogP contribution in [-0.4, -0.2) is 25.0 Å². The highest BCUT2D eigenvalue weighted by Crippen LogP contribution is 2.38. The van der Waals surface area contributed by atoms with Crippen LogP contribution in [0.3, 0.4) is 0 Å². The van der Waals surface area contributed by atoms with Crippen LogP contribution in [0.2, 0.25) is 0 Å². The van der Waals surface area contributed by atoms with Crippen molar-refractivity contribution < 1.29 is 14.3 Å². The Balaban J connectivity index is 2.25. The molecule has 3 rings (SSSR count). The Morgan fingerprint density at radius 2 is 1.77 bits per heavy atom. The number of thiazole rings is 1. The average molecular weight is 313 g/mol. The number of nitrogens with zero attached hydrogens (tertiary/aromatic N) is 1. The summed E-state index contributed by atoms with van der Waals surface area (Å²) in [5.74, 6) is 1.09. The summed E-state index contributed by atoms with van der Waals surface area (Å²) in [6.07, 6.45) is 0. The van der Waals surface area contributed by atoms with Crippen molar-refractivity contribution in [1.29, 1.82) is 0 Å². The number of fused-ring (bicyclic) bond motifs is 1. The van der Waals surface area contributed by atoms with Gasteiger partial charge < -0.3 is 9.47 Å². The zero-order valence-electron chi connectivity index (χ0n) is 12.5. The summed E-state index contributed by atoms with van der Waals surface area (Å²) in [6.45, 7) is 1.54. The fraction of sp³-hybridized carbons (Fsp3) is 0.176. The second kappa shape index (κ2) is 5.77. The van der Waals surface area contributed by atoms with Gasteiger partial charge in [0.25, 0.3) is 0 Å². The van der Waals surface area contributed by atoms with Crippen LogP contribution in [0.25, 0.3) is 20.8 Å². The lowest BCUT2D eigenvalue weighted by Crippen LogP contribution is -2.00. The number of rotatable bonds is 4. The minimum Gasteiger partial charge on any atom is -0.493 e. The van der Waals surface area contributed by atoms with Crippen molar-refractivity contribution in [3.63, 3.8) is 0 Å². The molecule has 0 fully saturated rings. The topological polar surface area (TPSA) is 48.4 Å². The van der Waals surface area contributed by atoms with E-state index in [4.69, 9.17) is 9.47 Å². The quantitative estimate of drug-likeness (QED) is 0.678. The average Bonchev–Trinajstić information content (AvgIpc) is 2.97. The maximum absolute atomic E-state index is 12.0. The zero-order chi connectivity index (χ0) is 15.7. The minimum atomic E-state index is -0.0322. The van der Waals surface area contributed by atoms with E-state index in [1.165, 1.54) is 6.92 Å². The number of ketones is 1. The van der Waals surface area contributed by atoms with Gasteiger partial charge in [-0.1, -0.05) is 12.1 Å². The molecule has 0 aliphatic heterocycles. The first-order valence-electron chi connectivity index (χ1n) is 6.77. The Labute approximate surface area is 132 Å². The predicted molar refractivity (Wildman–Crippen MR) is 88.2 cm³/mol. The molecule has 1 aromatic heterocycles. The van der Waals surface area contributed by atoms with Gasteiger partial charge >= 0.3 is 0 Å². The Hall–Kier alpha value is -2.40. The van der Waals surface area contributed by atoms with E-state index >= 15 is 0 Å². The van der Waals surface area contributed by atoms with E-state index in [1.807, 2.05) is 30.3 Å². The van der Waals surface area contributed by atoms with Crippen molar-refractivity contribution in [3.8, 4) is 22.1 Å². The molecule has 0 N–H and O–H groups in total. The first kappa shape index (κ1) is 14.5. The van der Waals surface area contributed by atoms with Gasteiger partial charge in [-0.3, -0.25) is 4.79 Å². The number of Topliss-reactive ketones (excluding diaryl/α,β-unsaturated/α-hetero) is 1. The molecular weight excluding hydrogens is 298 g/mol. The number of benzene rings is 2. The third-order valence-electron chi connectivity index (χ3n) is 3.43. The smallest absolute Gasteiger partial charge is 0.161 e. The molecule has 0 saturated carbocycles. The van der Waals surface area contributed by atoms with E-state index in [2.05, 4.69) is 4.98 Å². The highest BCUT2D eigenvalue weighted by Gasteiger charge is 2.18. The maximum Gasteiger partial charge on any atom is 0.161 e. The molecule has 0 amide bonds. The summed E-state index contributed by atoms with van der Waals surface area (Å²) in [5, 5.41) is 0.798. The Morgan fingerprint density at radius 1 is 1.09 bits per heavy atom. The van der Waals surface area contributed by atoms with Gasteiger partial charge in [-0.25, -0.2) is 4.98 Å². The molecule has 0 saturated heterocycles. The molecule has 2 aromatic carbocycles. The molecule has 0 atom stereocenters. The molecule has 0 bridgehead atoms. The van der Waals surface area contributed by atoms with E-state index in [0.717, 1.165) is 20.8 Å². The molecule has 0 aliphatic carbocycles. The Morgan fingerprint density at radius 3 is 2.41 bits per heavy atom. The number of hydrogen-bond donors (Lipinski definition) is 0. The fourth-order valence-corrected chi connectivity index (χ4v) is 3.33. The third-order valence-corrected chi connectivity index (χ3v) is 4.50. The van der Waals surface area contributed by atoms with Crippen LogP contribution in [0, 0.1) is 0 Å². The van der Waals surface area contributed by atoms with E-state index in [1.54, 1.807) is 31.6 Å². The van der Waals surface area contributed by atoms with E-state index in [-0.39, 0.29) is 5.78 Å². The highest BCUT2D eigenvalue weighted by molar-refractivity contribution is 7.21. The first-order valence-corrected chi connectivity index (χ1v) is 7.58.